The highest BCUT2D eigenvalue weighted by Gasteiger charge is 2.28. The van der Waals surface area contributed by atoms with Crippen molar-refractivity contribution < 1.29 is 8.42 Å². The molecule has 2 rings (SSSR count). The first-order valence-electron chi connectivity index (χ1n) is 6.37. The van der Waals surface area contributed by atoms with Crippen molar-refractivity contribution in [1.29, 1.82) is 0 Å². The molecule has 1 fully saturated rings. The van der Waals surface area contributed by atoms with Gasteiger partial charge in [-0.15, -0.1) is 0 Å². The van der Waals surface area contributed by atoms with E-state index in [9.17, 15) is 8.42 Å². The molecule has 6 heteroatoms. The number of sulfonamides is 1. The molecule has 0 aliphatic heterocycles. The van der Waals surface area contributed by atoms with Crippen molar-refractivity contribution in [3.8, 4) is 0 Å². The van der Waals surface area contributed by atoms with E-state index in [1.807, 2.05) is 0 Å². The Morgan fingerprint density at radius 2 is 2.05 bits per heavy atom. The van der Waals surface area contributed by atoms with Gasteiger partial charge in [0.25, 0.3) is 0 Å². The van der Waals surface area contributed by atoms with Crippen LogP contribution in [0.1, 0.15) is 31.7 Å². The van der Waals surface area contributed by atoms with E-state index < -0.39 is 10.0 Å². The molecule has 1 saturated carbocycles. The third kappa shape index (κ3) is 3.22. The Hall–Kier alpha value is -0.780. The fourth-order valence-corrected chi connectivity index (χ4v) is 4.37. The van der Waals surface area contributed by atoms with Gasteiger partial charge in [-0.2, -0.15) is 0 Å². The molecule has 1 aromatic rings. The van der Waals surface area contributed by atoms with E-state index in [1.54, 1.807) is 13.0 Å². The van der Waals surface area contributed by atoms with Crippen molar-refractivity contribution >= 4 is 27.3 Å². The van der Waals surface area contributed by atoms with Crippen molar-refractivity contribution in [2.75, 3.05) is 5.73 Å². The first kappa shape index (κ1) is 14.6. The van der Waals surface area contributed by atoms with Crippen molar-refractivity contribution in [2.24, 2.45) is 5.92 Å². The molecule has 1 aliphatic carbocycles. The number of nitrogens with two attached hydrogens (primary N) is 1. The fraction of sp³-hybridized carbons (Fsp3) is 0.538. The Balaban J connectivity index is 2.27. The highest BCUT2D eigenvalue weighted by molar-refractivity contribution is 7.89. The molecule has 3 N–H and O–H groups in total. The maximum absolute atomic E-state index is 12.3. The molecule has 4 nitrogen and oxygen atoms in total. The van der Waals surface area contributed by atoms with Crippen LogP contribution in [0.2, 0.25) is 5.02 Å². The van der Waals surface area contributed by atoms with E-state index in [-0.39, 0.29) is 16.0 Å². The summed E-state index contributed by atoms with van der Waals surface area (Å²) in [5, 5.41) is 0.213. The van der Waals surface area contributed by atoms with Gasteiger partial charge < -0.3 is 5.73 Å². The van der Waals surface area contributed by atoms with E-state index >= 15 is 0 Å². The monoisotopic (exact) mass is 302 g/mol. The molecule has 2 unspecified atom stereocenters. The molecule has 1 aliphatic rings. The van der Waals surface area contributed by atoms with Crippen molar-refractivity contribution in [3.63, 3.8) is 0 Å². The highest BCUT2D eigenvalue weighted by Crippen LogP contribution is 2.29. The molecule has 106 valence electrons. The Kier molecular flexibility index (Phi) is 4.08. The zero-order chi connectivity index (χ0) is 14.2. The zero-order valence-corrected chi connectivity index (χ0v) is 12.7. The van der Waals surface area contributed by atoms with Gasteiger partial charge in [0.15, 0.2) is 0 Å². The van der Waals surface area contributed by atoms with E-state index in [1.165, 1.54) is 6.07 Å². The van der Waals surface area contributed by atoms with Gasteiger partial charge in [0.1, 0.15) is 4.90 Å². The van der Waals surface area contributed by atoms with Crippen LogP contribution >= 0.6 is 11.6 Å². The summed E-state index contributed by atoms with van der Waals surface area (Å²) in [7, 11) is -3.60. The number of rotatable bonds is 3. The lowest BCUT2D eigenvalue weighted by atomic mass is 10.1. The summed E-state index contributed by atoms with van der Waals surface area (Å²) in [6.07, 6.45) is 2.80. The van der Waals surface area contributed by atoms with Gasteiger partial charge in [0, 0.05) is 11.7 Å². The van der Waals surface area contributed by atoms with Gasteiger partial charge in [-0.25, -0.2) is 13.1 Å². The van der Waals surface area contributed by atoms with E-state index in [0.29, 0.717) is 11.6 Å². The third-order valence-corrected chi connectivity index (χ3v) is 5.61. The molecule has 19 heavy (non-hydrogen) atoms. The summed E-state index contributed by atoms with van der Waals surface area (Å²) in [6, 6.07) is 3.01. The number of hydrogen-bond acceptors (Lipinski definition) is 3. The molecule has 0 aromatic heterocycles. The summed E-state index contributed by atoms with van der Waals surface area (Å²) in [5.41, 5.74) is 6.98. The second-order valence-electron chi connectivity index (χ2n) is 5.38. The van der Waals surface area contributed by atoms with Gasteiger partial charge in [-0.05, 0) is 49.8 Å². The van der Waals surface area contributed by atoms with Crippen molar-refractivity contribution in [1.82, 2.24) is 4.72 Å². The average Bonchev–Trinajstić information content (AvgIpc) is 2.68. The number of halogens is 1. The molecule has 0 radical (unpaired) electrons. The smallest absolute Gasteiger partial charge is 0.242 e. The maximum atomic E-state index is 12.3. The first-order chi connectivity index (χ1) is 8.79. The maximum Gasteiger partial charge on any atom is 0.242 e. The number of anilines is 1. The molecule has 0 amide bonds. The quantitative estimate of drug-likeness (QED) is 0.843. The van der Waals surface area contributed by atoms with Crippen LogP contribution in [0.15, 0.2) is 17.0 Å². The van der Waals surface area contributed by atoms with Gasteiger partial charge in [-0.3, -0.25) is 0 Å². The fourth-order valence-electron chi connectivity index (χ4n) is 2.47. The summed E-state index contributed by atoms with van der Waals surface area (Å²) in [4.78, 5) is 0.0665. The van der Waals surface area contributed by atoms with E-state index in [2.05, 4.69) is 11.6 Å². The van der Waals surface area contributed by atoms with Gasteiger partial charge in [0.05, 0.1) is 5.02 Å². The Morgan fingerprint density at radius 3 is 2.63 bits per heavy atom. The lowest BCUT2D eigenvalue weighted by molar-refractivity contribution is 0.538. The Morgan fingerprint density at radius 1 is 1.37 bits per heavy atom. The number of nitrogens with one attached hydrogen (secondary N) is 1. The van der Waals surface area contributed by atoms with Crippen molar-refractivity contribution in [2.45, 2.75) is 44.0 Å². The van der Waals surface area contributed by atoms with Crippen LogP contribution in [0, 0.1) is 12.8 Å². The Bertz CT molecular complexity index is 587. The van der Waals surface area contributed by atoms with Crippen LogP contribution in [0.5, 0.6) is 0 Å². The highest BCUT2D eigenvalue weighted by atomic mass is 35.5. The average molecular weight is 303 g/mol. The van der Waals surface area contributed by atoms with Gasteiger partial charge in [-0.1, -0.05) is 18.5 Å². The minimum absolute atomic E-state index is 0.00130. The van der Waals surface area contributed by atoms with Crippen LogP contribution in [-0.4, -0.2) is 14.5 Å². The molecular weight excluding hydrogens is 284 g/mol. The number of nitrogen functional groups attached to an aromatic ring is 1. The zero-order valence-electron chi connectivity index (χ0n) is 11.1. The lowest BCUT2D eigenvalue weighted by Gasteiger charge is -2.15. The molecule has 2 atom stereocenters. The number of benzene rings is 1. The summed E-state index contributed by atoms with van der Waals surface area (Å²) >= 11 is 6.03. The molecule has 0 spiro atoms. The van der Waals surface area contributed by atoms with Crippen LogP contribution in [0.3, 0.4) is 0 Å². The molecule has 1 aromatic carbocycles. The van der Waals surface area contributed by atoms with E-state index in [4.69, 9.17) is 17.3 Å². The predicted molar refractivity (Wildman–Crippen MR) is 77.7 cm³/mol. The van der Waals surface area contributed by atoms with Crippen LogP contribution in [-0.2, 0) is 10.0 Å². The standard InChI is InChI=1S/C13H19ClN2O2S/c1-8-3-4-10(5-8)16-19(17,18)13-7-12(15)9(2)6-11(13)14/h6-8,10,16H,3-5,15H2,1-2H3. The predicted octanol–water partition coefficient (Wildman–Crippen LogP) is 2.70. The summed E-state index contributed by atoms with van der Waals surface area (Å²) < 4.78 is 27.4. The van der Waals surface area contributed by atoms with Crippen LogP contribution < -0.4 is 10.5 Å². The second kappa shape index (κ2) is 5.31. The molecule has 0 bridgehead atoms. The van der Waals surface area contributed by atoms with Gasteiger partial charge in [0.2, 0.25) is 10.0 Å². The summed E-state index contributed by atoms with van der Waals surface area (Å²) in [5.74, 6) is 0.561. The van der Waals surface area contributed by atoms with Gasteiger partial charge >= 0.3 is 0 Å². The largest absolute Gasteiger partial charge is 0.398 e. The SMILES string of the molecule is Cc1cc(Cl)c(S(=O)(=O)NC2CCC(C)C2)cc1N. The first-order valence-corrected chi connectivity index (χ1v) is 8.23. The summed E-state index contributed by atoms with van der Waals surface area (Å²) in [6.45, 7) is 3.93. The minimum atomic E-state index is -3.60. The number of hydrogen-bond donors (Lipinski definition) is 2. The minimum Gasteiger partial charge on any atom is -0.398 e. The van der Waals surface area contributed by atoms with Crippen molar-refractivity contribution in [3.05, 3.63) is 22.7 Å². The van der Waals surface area contributed by atoms with Crippen LogP contribution in [0.25, 0.3) is 0 Å². The molecule has 0 saturated heterocycles. The molecule has 0 heterocycles. The molecular formula is C13H19ClN2O2S. The number of aryl methyl sites for hydroxylation is 1. The topological polar surface area (TPSA) is 72.2 Å². The normalized spacial score (nSPS) is 23.7. The third-order valence-electron chi connectivity index (χ3n) is 3.63. The van der Waals surface area contributed by atoms with E-state index in [0.717, 1.165) is 24.8 Å². The van der Waals surface area contributed by atoms with Crippen LogP contribution in [0.4, 0.5) is 5.69 Å². The Labute approximate surface area is 119 Å². The lowest BCUT2D eigenvalue weighted by Crippen LogP contribution is -2.33. The second-order valence-corrected chi connectivity index (χ2v) is 7.47.